The molecule has 166 valence electrons. The minimum Gasteiger partial charge on any atom is -0.484 e. The molecular formula is C25H21N3O5. The highest BCUT2D eigenvalue weighted by molar-refractivity contribution is 6.04. The van der Waals surface area contributed by atoms with E-state index in [1.807, 2.05) is 37.3 Å². The number of nitrogens with one attached hydrogen (secondary N) is 1. The standard InChI is InChI=1S/C25H21N3O5/c1-15-3-9-20(11-16(15)2)30-13-23-27-24(28-33-23)17-4-7-19(8-5-17)26-25(29)18-6-10-21-22(12-18)32-14-31-21/h3-12H,13-14H2,1-2H3,(H,26,29). The number of carbonyl (C=O) groups excluding carboxylic acids is 1. The molecule has 0 saturated carbocycles. The van der Waals surface area contributed by atoms with E-state index in [-0.39, 0.29) is 19.3 Å². The number of hydrogen-bond donors (Lipinski definition) is 1. The Kier molecular flexibility index (Phi) is 5.40. The van der Waals surface area contributed by atoms with E-state index in [1.54, 1.807) is 30.3 Å². The summed E-state index contributed by atoms with van der Waals surface area (Å²) in [5, 5.41) is 6.88. The van der Waals surface area contributed by atoms with Gasteiger partial charge in [0.15, 0.2) is 18.1 Å². The second kappa shape index (κ2) is 8.66. The molecule has 5 rings (SSSR count). The van der Waals surface area contributed by atoms with E-state index in [0.29, 0.717) is 34.5 Å². The van der Waals surface area contributed by atoms with Crippen molar-refractivity contribution in [1.29, 1.82) is 0 Å². The Morgan fingerprint density at radius 3 is 2.61 bits per heavy atom. The number of rotatable bonds is 6. The molecule has 2 heterocycles. The lowest BCUT2D eigenvalue weighted by Crippen LogP contribution is -2.11. The summed E-state index contributed by atoms with van der Waals surface area (Å²) in [5.41, 5.74) is 4.25. The van der Waals surface area contributed by atoms with Crippen LogP contribution in [-0.4, -0.2) is 22.8 Å². The predicted molar refractivity (Wildman–Crippen MR) is 121 cm³/mol. The smallest absolute Gasteiger partial charge is 0.264 e. The molecule has 33 heavy (non-hydrogen) atoms. The van der Waals surface area contributed by atoms with Gasteiger partial charge in [0.2, 0.25) is 12.6 Å². The van der Waals surface area contributed by atoms with Crippen LogP contribution < -0.4 is 19.5 Å². The van der Waals surface area contributed by atoms with E-state index in [1.165, 1.54) is 5.56 Å². The summed E-state index contributed by atoms with van der Waals surface area (Å²) in [6.07, 6.45) is 0. The van der Waals surface area contributed by atoms with Gasteiger partial charge in [-0.25, -0.2) is 0 Å². The van der Waals surface area contributed by atoms with E-state index in [2.05, 4.69) is 22.4 Å². The van der Waals surface area contributed by atoms with Gasteiger partial charge < -0.3 is 24.1 Å². The Labute approximate surface area is 190 Å². The number of ether oxygens (including phenoxy) is 3. The fourth-order valence-electron chi connectivity index (χ4n) is 3.32. The van der Waals surface area contributed by atoms with Crippen molar-refractivity contribution in [3.05, 3.63) is 83.2 Å². The molecule has 0 aliphatic carbocycles. The van der Waals surface area contributed by atoms with Gasteiger partial charge in [0.1, 0.15) is 5.75 Å². The second-order valence-corrected chi connectivity index (χ2v) is 7.65. The van der Waals surface area contributed by atoms with Crippen molar-refractivity contribution in [1.82, 2.24) is 10.1 Å². The number of benzene rings is 3. The lowest BCUT2D eigenvalue weighted by molar-refractivity contribution is 0.102. The van der Waals surface area contributed by atoms with Crippen LogP contribution >= 0.6 is 0 Å². The van der Waals surface area contributed by atoms with Crippen molar-refractivity contribution >= 4 is 11.6 Å². The molecule has 3 aromatic carbocycles. The number of carbonyl (C=O) groups is 1. The third-order valence-corrected chi connectivity index (χ3v) is 5.34. The van der Waals surface area contributed by atoms with Crippen LogP contribution in [0.25, 0.3) is 11.4 Å². The summed E-state index contributed by atoms with van der Waals surface area (Å²) in [7, 11) is 0. The highest BCUT2D eigenvalue weighted by atomic mass is 16.7. The summed E-state index contributed by atoms with van der Waals surface area (Å²) in [5.74, 6) is 2.53. The van der Waals surface area contributed by atoms with Gasteiger partial charge >= 0.3 is 0 Å². The van der Waals surface area contributed by atoms with E-state index < -0.39 is 0 Å². The van der Waals surface area contributed by atoms with Crippen LogP contribution in [0.15, 0.2) is 65.2 Å². The van der Waals surface area contributed by atoms with Gasteiger partial charge in [-0.05, 0) is 79.6 Å². The van der Waals surface area contributed by atoms with Gasteiger partial charge in [-0.3, -0.25) is 4.79 Å². The summed E-state index contributed by atoms with van der Waals surface area (Å²) in [6.45, 7) is 4.43. The fourth-order valence-corrected chi connectivity index (χ4v) is 3.32. The van der Waals surface area contributed by atoms with Crippen molar-refractivity contribution in [2.24, 2.45) is 0 Å². The fraction of sp³-hybridized carbons (Fsp3) is 0.160. The average molecular weight is 443 g/mol. The molecule has 1 amide bonds. The number of nitrogens with zero attached hydrogens (tertiary/aromatic N) is 2. The molecule has 1 aliphatic rings. The third-order valence-electron chi connectivity index (χ3n) is 5.34. The molecule has 0 atom stereocenters. The summed E-state index contributed by atoms with van der Waals surface area (Å²) in [6, 6.07) is 18.2. The van der Waals surface area contributed by atoms with Crippen LogP contribution in [0.4, 0.5) is 5.69 Å². The largest absolute Gasteiger partial charge is 0.484 e. The highest BCUT2D eigenvalue weighted by Crippen LogP contribution is 2.32. The number of fused-ring (bicyclic) bond motifs is 1. The van der Waals surface area contributed by atoms with E-state index in [9.17, 15) is 4.79 Å². The molecule has 0 fully saturated rings. The summed E-state index contributed by atoms with van der Waals surface area (Å²) >= 11 is 0. The lowest BCUT2D eigenvalue weighted by Gasteiger charge is -2.06. The van der Waals surface area contributed by atoms with Crippen molar-refractivity contribution in [2.75, 3.05) is 12.1 Å². The van der Waals surface area contributed by atoms with Gasteiger partial charge in [0.05, 0.1) is 0 Å². The molecule has 0 unspecified atom stereocenters. The zero-order valence-electron chi connectivity index (χ0n) is 18.1. The maximum Gasteiger partial charge on any atom is 0.264 e. The monoisotopic (exact) mass is 443 g/mol. The molecule has 8 heteroatoms. The number of aromatic nitrogens is 2. The second-order valence-electron chi connectivity index (χ2n) is 7.65. The maximum absolute atomic E-state index is 12.5. The predicted octanol–water partition coefficient (Wildman–Crippen LogP) is 4.91. The van der Waals surface area contributed by atoms with Gasteiger partial charge in [-0.2, -0.15) is 4.98 Å². The molecule has 4 aromatic rings. The Morgan fingerprint density at radius 1 is 0.970 bits per heavy atom. The minimum atomic E-state index is -0.244. The minimum absolute atomic E-state index is 0.164. The quantitative estimate of drug-likeness (QED) is 0.452. The molecule has 8 nitrogen and oxygen atoms in total. The van der Waals surface area contributed by atoms with Gasteiger partial charge in [0, 0.05) is 16.8 Å². The average Bonchev–Trinajstić information content (AvgIpc) is 3.49. The first-order chi connectivity index (χ1) is 16.0. The SMILES string of the molecule is Cc1ccc(OCc2nc(-c3ccc(NC(=O)c4ccc5c(c4)OCO5)cc3)no2)cc1C. The van der Waals surface area contributed by atoms with Gasteiger partial charge in [-0.15, -0.1) is 0 Å². The Bertz CT molecular complexity index is 1310. The topological polar surface area (TPSA) is 95.7 Å². The van der Waals surface area contributed by atoms with Gasteiger partial charge in [-0.1, -0.05) is 11.2 Å². The number of hydrogen-bond acceptors (Lipinski definition) is 7. The van der Waals surface area contributed by atoms with Crippen molar-refractivity contribution in [3.8, 4) is 28.6 Å². The Morgan fingerprint density at radius 2 is 1.79 bits per heavy atom. The normalized spacial score (nSPS) is 11.9. The van der Waals surface area contributed by atoms with Crippen LogP contribution in [0.5, 0.6) is 17.2 Å². The van der Waals surface area contributed by atoms with Crippen LogP contribution in [0, 0.1) is 13.8 Å². The van der Waals surface area contributed by atoms with Crippen molar-refractivity contribution in [3.63, 3.8) is 0 Å². The molecule has 0 spiro atoms. The lowest BCUT2D eigenvalue weighted by atomic mass is 10.1. The van der Waals surface area contributed by atoms with Crippen molar-refractivity contribution < 1.29 is 23.5 Å². The first kappa shape index (κ1) is 20.6. The first-order valence-corrected chi connectivity index (χ1v) is 10.4. The summed E-state index contributed by atoms with van der Waals surface area (Å²) in [4.78, 5) is 16.9. The van der Waals surface area contributed by atoms with Crippen molar-refractivity contribution in [2.45, 2.75) is 20.5 Å². The number of aryl methyl sites for hydroxylation is 2. The number of anilines is 1. The van der Waals surface area contributed by atoms with E-state index in [4.69, 9.17) is 18.7 Å². The maximum atomic E-state index is 12.5. The van der Waals surface area contributed by atoms with Gasteiger partial charge in [0.25, 0.3) is 11.8 Å². The van der Waals surface area contributed by atoms with Crippen LogP contribution in [0.1, 0.15) is 27.4 Å². The molecular weight excluding hydrogens is 422 g/mol. The zero-order valence-corrected chi connectivity index (χ0v) is 18.1. The Hall–Kier alpha value is -4.33. The van der Waals surface area contributed by atoms with Crippen LogP contribution in [0.2, 0.25) is 0 Å². The highest BCUT2D eigenvalue weighted by Gasteiger charge is 2.16. The third kappa shape index (κ3) is 4.50. The molecule has 1 aliphatic heterocycles. The zero-order chi connectivity index (χ0) is 22.8. The van der Waals surface area contributed by atoms with E-state index >= 15 is 0 Å². The molecule has 1 N–H and O–H groups in total. The number of amides is 1. The van der Waals surface area contributed by atoms with Crippen LogP contribution in [0.3, 0.4) is 0 Å². The van der Waals surface area contributed by atoms with E-state index in [0.717, 1.165) is 16.9 Å². The molecule has 1 aromatic heterocycles. The summed E-state index contributed by atoms with van der Waals surface area (Å²) < 4.78 is 21.7. The Balaban J connectivity index is 1.21. The molecule has 0 bridgehead atoms. The molecule has 0 saturated heterocycles. The first-order valence-electron chi connectivity index (χ1n) is 10.4. The molecule has 0 radical (unpaired) electrons. The van der Waals surface area contributed by atoms with Crippen LogP contribution in [-0.2, 0) is 6.61 Å².